The van der Waals surface area contributed by atoms with Gasteiger partial charge in [0.2, 0.25) is 6.41 Å². The van der Waals surface area contributed by atoms with Gasteiger partial charge in [-0.15, -0.1) is 0 Å². The first-order chi connectivity index (χ1) is 12.2. The second-order valence-electron chi connectivity index (χ2n) is 5.47. The summed E-state index contributed by atoms with van der Waals surface area (Å²) in [5.74, 6) is 1.30. The van der Waals surface area contributed by atoms with Crippen molar-refractivity contribution in [3.8, 4) is 11.5 Å². The molecule has 5 nitrogen and oxygen atoms in total. The summed E-state index contributed by atoms with van der Waals surface area (Å²) in [5, 5.41) is 10.2. The molecule has 1 atom stereocenters. The fourth-order valence-electron chi connectivity index (χ4n) is 2.41. The van der Waals surface area contributed by atoms with Gasteiger partial charge in [0.05, 0.1) is 14.2 Å². The predicted molar refractivity (Wildman–Crippen MR) is 97.5 cm³/mol. The van der Waals surface area contributed by atoms with E-state index in [0.29, 0.717) is 30.9 Å². The number of aliphatic hydroxyl groups is 1. The maximum absolute atomic E-state index is 11.3. The van der Waals surface area contributed by atoms with Crippen molar-refractivity contribution in [3.05, 3.63) is 65.7 Å². The van der Waals surface area contributed by atoms with Crippen LogP contribution in [0.1, 0.15) is 11.1 Å². The normalized spacial score (nSPS) is 12.0. The number of hydrogen-bond acceptors (Lipinski definition) is 4. The summed E-state index contributed by atoms with van der Waals surface area (Å²) in [7, 11) is 3.17. The monoisotopic (exact) mass is 341 g/mol. The first-order valence-electron chi connectivity index (χ1n) is 8.01. The highest BCUT2D eigenvalue weighted by atomic mass is 16.5. The lowest BCUT2D eigenvalue weighted by Crippen LogP contribution is -2.34. The van der Waals surface area contributed by atoms with Gasteiger partial charge in [-0.2, -0.15) is 0 Å². The van der Waals surface area contributed by atoms with Gasteiger partial charge in [0, 0.05) is 6.54 Å². The summed E-state index contributed by atoms with van der Waals surface area (Å²) in [6.07, 6.45) is 3.66. The lowest BCUT2D eigenvalue weighted by atomic mass is 10.1. The summed E-state index contributed by atoms with van der Waals surface area (Å²) in [5.41, 5.74) is 1.95. The van der Waals surface area contributed by atoms with E-state index in [1.807, 2.05) is 48.5 Å². The van der Waals surface area contributed by atoms with Crippen molar-refractivity contribution in [1.29, 1.82) is 0 Å². The molecule has 2 aromatic carbocycles. The fourth-order valence-corrected chi connectivity index (χ4v) is 2.41. The quantitative estimate of drug-likeness (QED) is 0.563. The molecule has 0 aromatic heterocycles. The second-order valence-corrected chi connectivity index (χ2v) is 5.47. The molecule has 2 rings (SSSR count). The third kappa shape index (κ3) is 5.36. The van der Waals surface area contributed by atoms with Gasteiger partial charge in [0.25, 0.3) is 0 Å². The number of benzene rings is 2. The molecule has 1 unspecified atom stereocenters. The van der Waals surface area contributed by atoms with Gasteiger partial charge in [-0.3, -0.25) is 4.79 Å². The minimum atomic E-state index is -0.974. The topological polar surface area (TPSA) is 59.0 Å². The van der Waals surface area contributed by atoms with Crippen LogP contribution in [0.15, 0.2) is 54.6 Å². The molecule has 0 heterocycles. The van der Waals surface area contributed by atoms with Crippen LogP contribution in [0.5, 0.6) is 11.5 Å². The van der Waals surface area contributed by atoms with E-state index in [9.17, 15) is 9.90 Å². The molecule has 0 aliphatic carbocycles. The van der Waals surface area contributed by atoms with E-state index in [4.69, 9.17) is 9.47 Å². The second kappa shape index (κ2) is 9.49. The van der Waals surface area contributed by atoms with Crippen molar-refractivity contribution in [2.75, 3.05) is 20.8 Å². The zero-order valence-corrected chi connectivity index (χ0v) is 14.5. The fraction of sp³-hybridized carbons (Fsp3) is 0.250. The Morgan fingerprint density at radius 3 is 2.44 bits per heavy atom. The smallest absolute Gasteiger partial charge is 0.211 e. The number of nitrogens with zero attached hydrogens (tertiary/aromatic N) is 1. The summed E-state index contributed by atoms with van der Waals surface area (Å²) < 4.78 is 10.5. The molecule has 0 bridgehead atoms. The van der Waals surface area contributed by atoms with Crippen LogP contribution in [-0.2, 0) is 11.2 Å². The average Bonchev–Trinajstić information content (AvgIpc) is 2.67. The molecule has 2 aromatic rings. The third-order valence-electron chi connectivity index (χ3n) is 3.84. The highest BCUT2D eigenvalue weighted by Gasteiger charge is 2.11. The number of hydrogen-bond donors (Lipinski definition) is 1. The Hall–Kier alpha value is -2.79. The average molecular weight is 341 g/mol. The minimum absolute atomic E-state index is 0.388. The number of ether oxygens (including phenoxy) is 2. The van der Waals surface area contributed by atoms with Crippen LogP contribution in [0.3, 0.4) is 0 Å². The molecule has 0 aliphatic rings. The van der Waals surface area contributed by atoms with Crippen LogP contribution in [0.2, 0.25) is 0 Å². The Bertz CT molecular complexity index is 700. The molecule has 5 heteroatoms. The molecule has 0 saturated heterocycles. The molecule has 0 saturated carbocycles. The lowest BCUT2D eigenvalue weighted by molar-refractivity contribution is -0.124. The molecular formula is C20H23NO4. The molecule has 1 N–H and O–H groups in total. The van der Waals surface area contributed by atoms with Crippen LogP contribution in [0.4, 0.5) is 0 Å². The largest absolute Gasteiger partial charge is 0.493 e. The van der Waals surface area contributed by atoms with Crippen LogP contribution < -0.4 is 9.47 Å². The number of rotatable bonds is 9. The maximum atomic E-state index is 11.3. The molecule has 25 heavy (non-hydrogen) atoms. The minimum Gasteiger partial charge on any atom is -0.493 e. The van der Waals surface area contributed by atoms with Gasteiger partial charge >= 0.3 is 0 Å². The van der Waals surface area contributed by atoms with E-state index in [2.05, 4.69) is 0 Å². The van der Waals surface area contributed by atoms with Crippen LogP contribution in [0, 0.1) is 0 Å². The van der Waals surface area contributed by atoms with E-state index >= 15 is 0 Å². The first-order valence-corrected chi connectivity index (χ1v) is 8.01. The van der Waals surface area contributed by atoms with Gasteiger partial charge in [-0.25, -0.2) is 0 Å². The Kier molecular flexibility index (Phi) is 7.04. The van der Waals surface area contributed by atoms with E-state index in [1.165, 1.54) is 4.90 Å². The lowest BCUT2D eigenvalue weighted by Gasteiger charge is -2.21. The van der Waals surface area contributed by atoms with Crippen LogP contribution in [-0.4, -0.2) is 43.4 Å². The molecule has 0 aliphatic heterocycles. The summed E-state index contributed by atoms with van der Waals surface area (Å²) in [6.45, 7) is 0.388. The van der Waals surface area contributed by atoms with E-state index in [0.717, 1.165) is 11.1 Å². The van der Waals surface area contributed by atoms with Gasteiger partial charge < -0.3 is 19.5 Å². The van der Waals surface area contributed by atoms with Crippen LogP contribution >= 0.6 is 0 Å². The Morgan fingerprint density at radius 1 is 1.08 bits per heavy atom. The first kappa shape index (κ1) is 18.5. The van der Waals surface area contributed by atoms with Gasteiger partial charge in [0.1, 0.15) is 6.23 Å². The summed E-state index contributed by atoms with van der Waals surface area (Å²) >= 11 is 0. The molecule has 1 amide bonds. The molecular weight excluding hydrogens is 318 g/mol. The van der Waals surface area contributed by atoms with Crippen molar-refractivity contribution in [2.24, 2.45) is 0 Å². The van der Waals surface area contributed by atoms with Crippen molar-refractivity contribution in [3.63, 3.8) is 0 Å². The molecule has 132 valence electrons. The number of methoxy groups -OCH3 is 2. The standard InChI is InChI=1S/C20H23NO4/c1-24-18-10-8-17(14-19(18)25-2)12-13-21(15-22)20(23)11-9-16-6-4-3-5-7-16/h3-11,14-15,20,23H,12-13H2,1-2H3/b11-9+. The van der Waals surface area contributed by atoms with E-state index in [1.54, 1.807) is 26.4 Å². The zero-order chi connectivity index (χ0) is 18.1. The van der Waals surface area contributed by atoms with Crippen LogP contribution in [0.25, 0.3) is 6.08 Å². The zero-order valence-electron chi connectivity index (χ0n) is 14.5. The molecule has 0 spiro atoms. The third-order valence-corrected chi connectivity index (χ3v) is 3.84. The van der Waals surface area contributed by atoms with Crippen molar-refractivity contribution in [2.45, 2.75) is 12.6 Å². The summed E-state index contributed by atoms with van der Waals surface area (Å²) in [4.78, 5) is 12.6. The van der Waals surface area contributed by atoms with Gasteiger partial charge in [-0.05, 0) is 35.8 Å². The van der Waals surface area contributed by atoms with Crippen molar-refractivity contribution in [1.82, 2.24) is 4.90 Å². The highest BCUT2D eigenvalue weighted by molar-refractivity contribution is 5.52. The van der Waals surface area contributed by atoms with Crippen molar-refractivity contribution < 1.29 is 19.4 Å². The van der Waals surface area contributed by atoms with E-state index in [-0.39, 0.29) is 0 Å². The summed E-state index contributed by atoms with van der Waals surface area (Å²) in [6, 6.07) is 15.2. The Balaban J connectivity index is 1.97. The number of aliphatic hydroxyl groups excluding tert-OH is 1. The van der Waals surface area contributed by atoms with Crippen molar-refractivity contribution >= 4 is 12.5 Å². The number of carbonyl (C=O) groups excluding carboxylic acids is 1. The Morgan fingerprint density at radius 2 is 1.80 bits per heavy atom. The van der Waals surface area contributed by atoms with Gasteiger partial charge in [0.15, 0.2) is 11.5 Å². The highest BCUT2D eigenvalue weighted by Crippen LogP contribution is 2.27. The molecule has 0 fully saturated rings. The predicted octanol–water partition coefficient (Wildman–Crippen LogP) is 2.74. The number of carbonyl (C=O) groups is 1. The van der Waals surface area contributed by atoms with E-state index < -0.39 is 6.23 Å². The SMILES string of the molecule is COc1ccc(CCN(C=O)C(O)/C=C/c2ccccc2)cc1OC. The number of amides is 1. The maximum Gasteiger partial charge on any atom is 0.211 e. The van der Waals surface area contributed by atoms with Gasteiger partial charge in [-0.1, -0.05) is 42.5 Å². The Labute approximate surface area is 148 Å². The molecule has 0 radical (unpaired) electrons.